The Hall–Kier alpha value is -4.68. The summed E-state index contributed by atoms with van der Waals surface area (Å²) in [4.78, 5) is 0. The average Bonchev–Trinajstić information content (AvgIpc) is 3.06. The van der Waals surface area contributed by atoms with Crippen molar-refractivity contribution in [2.45, 2.75) is 107 Å². The van der Waals surface area contributed by atoms with Crippen LogP contribution in [0.25, 0.3) is 11.1 Å². The van der Waals surface area contributed by atoms with Crippen LogP contribution in [0.4, 0.5) is 0 Å². The molecule has 0 amide bonds. The van der Waals surface area contributed by atoms with Gasteiger partial charge in [0.05, 0.1) is 0 Å². The fourth-order valence-electron chi connectivity index (χ4n) is 8.44. The maximum atomic E-state index is 2.49. The van der Waals surface area contributed by atoms with E-state index in [9.17, 15) is 0 Å². The first-order valence-electron chi connectivity index (χ1n) is 19.5. The Morgan fingerprint density at radius 1 is 0.192 bits per heavy atom. The van der Waals surface area contributed by atoms with Gasteiger partial charge in [0.1, 0.15) is 0 Å². The SMILES string of the molecule is Cc1cc(C)cc(CCc2cc(CCc3cc(C)cc(C)c3)cc(-c3cc(CCc4cc(C)cc(C)c4)cc(CCc4cc(C)cc(C)c4)c3)c2)c1. The fraction of sp³-hybridized carbons (Fsp3) is 0.308. The summed E-state index contributed by atoms with van der Waals surface area (Å²) in [5.74, 6) is 0. The van der Waals surface area contributed by atoms with Gasteiger partial charge >= 0.3 is 0 Å². The minimum absolute atomic E-state index is 1.04. The zero-order chi connectivity index (χ0) is 36.8. The summed E-state index contributed by atoms with van der Waals surface area (Å²) in [6, 6.07) is 42.9. The molecule has 0 aliphatic rings. The Balaban J connectivity index is 1.35. The van der Waals surface area contributed by atoms with Crippen molar-refractivity contribution in [3.05, 3.63) is 198 Å². The third-order valence-electron chi connectivity index (χ3n) is 10.4. The van der Waals surface area contributed by atoms with Gasteiger partial charge in [0, 0.05) is 0 Å². The summed E-state index contributed by atoms with van der Waals surface area (Å²) in [6.45, 7) is 17.7. The van der Waals surface area contributed by atoms with E-state index in [1.807, 2.05) is 0 Å². The molecule has 0 aliphatic carbocycles. The molecule has 0 atom stereocenters. The van der Waals surface area contributed by atoms with Gasteiger partial charge in [-0.25, -0.2) is 0 Å². The Morgan fingerprint density at radius 3 is 0.519 bits per heavy atom. The van der Waals surface area contributed by atoms with Crippen LogP contribution in [0.5, 0.6) is 0 Å². The topological polar surface area (TPSA) is 0 Å². The van der Waals surface area contributed by atoms with Gasteiger partial charge in [-0.3, -0.25) is 0 Å². The van der Waals surface area contributed by atoms with Crippen LogP contribution in [0.15, 0.2) is 109 Å². The van der Waals surface area contributed by atoms with Crippen molar-refractivity contribution in [3.63, 3.8) is 0 Å². The molecule has 0 fully saturated rings. The lowest BCUT2D eigenvalue weighted by Gasteiger charge is -2.15. The van der Waals surface area contributed by atoms with E-state index in [1.165, 1.54) is 100 Å². The molecule has 0 nitrogen and oxygen atoms in total. The molecular formula is C52H58. The van der Waals surface area contributed by atoms with E-state index >= 15 is 0 Å². The molecule has 0 bridgehead atoms. The van der Waals surface area contributed by atoms with Crippen molar-refractivity contribution in [2.75, 3.05) is 0 Å². The Morgan fingerprint density at radius 2 is 0.346 bits per heavy atom. The molecule has 0 saturated carbocycles. The molecule has 0 aliphatic heterocycles. The summed E-state index contributed by atoms with van der Waals surface area (Å²) < 4.78 is 0. The van der Waals surface area contributed by atoms with E-state index < -0.39 is 0 Å². The van der Waals surface area contributed by atoms with Gasteiger partial charge in [-0.2, -0.15) is 0 Å². The van der Waals surface area contributed by atoms with Crippen LogP contribution in [0.1, 0.15) is 89.0 Å². The highest BCUT2D eigenvalue weighted by Gasteiger charge is 2.11. The first-order valence-corrected chi connectivity index (χ1v) is 19.5. The molecule has 6 aromatic carbocycles. The molecule has 0 heteroatoms. The Labute approximate surface area is 315 Å². The van der Waals surface area contributed by atoms with Crippen molar-refractivity contribution >= 4 is 0 Å². The van der Waals surface area contributed by atoms with Crippen LogP contribution in [-0.2, 0) is 51.4 Å². The number of benzene rings is 6. The maximum absolute atomic E-state index is 2.49. The lowest BCUT2D eigenvalue weighted by Crippen LogP contribution is -2.00. The maximum Gasteiger partial charge on any atom is -0.0178 e. The van der Waals surface area contributed by atoms with Crippen molar-refractivity contribution in [1.82, 2.24) is 0 Å². The van der Waals surface area contributed by atoms with Crippen molar-refractivity contribution in [1.29, 1.82) is 0 Å². The van der Waals surface area contributed by atoms with E-state index in [2.05, 4.69) is 165 Å². The first-order chi connectivity index (χ1) is 24.9. The summed E-state index contributed by atoms with van der Waals surface area (Å²) in [7, 11) is 0. The zero-order valence-electron chi connectivity index (χ0n) is 33.0. The number of hydrogen-bond acceptors (Lipinski definition) is 0. The number of aryl methyl sites for hydroxylation is 16. The van der Waals surface area contributed by atoms with Gasteiger partial charge in [-0.1, -0.05) is 154 Å². The predicted octanol–water partition coefficient (Wildman–Crippen LogP) is 13.0. The Kier molecular flexibility index (Phi) is 12.0. The van der Waals surface area contributed by atoms with E-state index in [-0.39, 0.29) is 0 Å². The Bertz CT molecular complexity index is 1790. The molecule has 0 unspecified atom stereocenters. The van der Waals surface area contributed by atoms with E-state index in [4.69, 9.17) is 0 Å². The molecular weight excluding hydrogens is 625 g/mol. The fourth-order valence-corrected chi connectivity index (χ4v) is 8.44. The molecule has 0 heterocycles. The number of rotatable bonds is 13. The van der Waals surface area contributed by atoms with E-state index in [0.717, 1.165) is 51.4 Å². The van der Waals surface area contributed by atoms with Crippen LogP contribution in [0, 0.1) is 55.4 Å². The van der Waals surface area contributed by atoms with Gasteiger partial charge < -0.3 is 0 Å². The molecule has 266 valence electrons. The van der Waals surface area contributed by atoms with Gasteiger partial charge in [-0.05, 0) is 162 Å². The predicted molar refractivity (Wildman–Crippen MR) is 225 cm³/mol. The molecule has 52 heavy (non-hydrogen) atoms. The van der Waals surface area contributed by atoms with Crippen LogP contribution < -0.4 is 0 Å². The minimum atomic E-state index is 1.04. The van der Waals surface area contributed by atoms with Gasteiger partial charge in [-0.15, -0.1) is 0 Å². The van der Waals surface area contributed by atoms with E-state index in [1.54, 1.807) is 0 Å². The van der Waals surface area contributed by atoms with Gasteiger partial charge in [0.25, 0.3) is 0 Å². The van der Waals surface area contributed by atoms with Gasteiger partial charge in [0.2, 0.25) is 0 Å². The van der Waals surface area contributed by atoms with Crippen molar-refractivity contribution < 1.29 is 0 Å². The summed E-state index contributed by atoms with van der Waals surface area (Å²) >= 11 is 0. The highest BCUT2D eigenvalue weighted by Crippen LogP contribution is 2.29. The molecule has 0 saturated heterocycles. The minimum Gasteiger partial charge on any atom is -0.0564 e. The quantitative estimate of drug-likeness (QED) is 0.114. The van der Waals surface area contributed by atoms with E-state index in [0.29, 0.717) is 0 Å². The molecule has 0 aromatic heterocycles. The second-order valence-electron chi connectivity index (χ2n) is 16.1. The highest BCUT2D eigenvalue weighted by molar-refractivity contribution is 5.67. The van der Waals surface area contributed by atoms with Crippen LogP contribution in [-0.4, -0.2) is 0 Å². The standard InChI is InChI=1S/C52H58/c1-35-17-36(2)22-43(21-35)9-13-47-29-48(14-10-44-23-37(3)18-38(4)24-44)32-51(31-47)52-33-49(15-11-45-25-39(5)19-40(6)26-45)30-50(34-52)16-12-46-27-41(7)20-42(8)28-46/h17-34H,9-16H2,1-8H3. The van der Waals surface area contributed by atoms with Crippen LogP contribution in [0.3, 0.4) is 0 Å². The normalized spacial score (nSPS) is 11.3. The first kappa shape index (κ1) is 37.1. The summed E-state index contributed by atoms with van der Waals surface area (Å²) in [6.07, 6.45) is 8.38. The third kappa shape index (κ3) is 10.7. The second-order valence-corrected chi connectivity index (χ2v) is 16.1. The molecule has 6 rings (SSSR count). The number of hydrogen-bond donors (Lipinski definition) is 0. The van der Waals surface area contributed by atoms with Crippen molar-refractivity contribution in [3.8, 4) is 11.1 Å². The highest BCUT2D eigenvalue weighted by atomic mass is 14.2. The monoisotopic (exact) mass is 682 g/mol. The van der Waals surface area contributed by atoms with Gasteiger partial charge in [0.15, 0.2) is 0 Å². The molecule has 0 spiro atoms. The van der Waals surface area contributed by atoms with Crippen LogP contribution in [0.2, 0.25) is 0 Å². The average molecular weight is 683 g/mol. The molecule has 0 radical (unpaired) electrons. The lowest BCUT2D eigenvalue weighted by molar-refractivity contribution is 0.924. The third-order valence-corrected chi connectivity index (χ3v) is 10.4. The molecule has 0 N–H and O–H groups in total. The second kappa shape index (κ2) is 16.8. The summed E-state index contributed by atoms with van der Waals surface area (Å²) in [5.41, 5.74) is 25.0. The van der Waals surface area contributed by atoms with Crippen molar-refractivity contribution in [2.24, 2.45) is 0 Å². The largest absolute Gasteiger partial charge is 0.0564 e. The van der Waals surface area contributed by atoms with Crippen LogP contribution >= 0.6 is 0 Å². The summed E-state index contributed by atoms with van der Waals surface area (Å²) in [5, 5.41) is 0. The molecule has 6 aromatic rings. The zero-order valence-corrected chi connectivity index (χ0v) is 33.0. The lowest BCUT2D eigenvalue weighted by atomic mass is 9.90. The smallest absolute Gasteiger partial charge is 0.0178 e.